The number of aliphatic carboxylic acids is 1. The van der Waals surface area contributed by atoms with Crippen molar-refractivity contribution in [2.45, 2.75) is 39.0 Å². The van der Waals surface area contributed by atoms with E-state index in [-0.39, 0.29) is 0 Å². The highest BCUT2D eigenvalue weighted by molar-refractivity contribution is 5.90. The van der Waals surface area contributed by atoms with E-state index >= 15 is 0 Å². The van der Waals surface area contributed by atoms with Crippen molar-refractivity contribution in [3.05, 3.63) is 35.4 Å². The van der Waals surface area contributed by atoms with Crippen LogP contribution in [0.4, 0.5) is 0 Å². The van der Waals surface area contributed by atoms with Crippen LogP contribution in [0.25, 0.3) is 5.57 Å². The molecule has 0 bridgehead atoms. The topological polar surface area (TPSA) is 46.5 Å². The Labute approximate surface area is 120 Å². The summed E-state index contributed by atoms with van der Waals surface area (Å²) in [5.74, 6) is 0.391. The number of carboxylic acid groups (broad SMARTS) is 1. The molecule has 108 valence electrons. The summed E-state index contributed by atoms with van der Waals surface area (Å²) in [6.07, 6.45) is 6.83. The van der Waals surface area contributed by atoms with Crippen LogP contribution in [0.3, 0.4) is 0 Å². The maximum atomic E-state index is 11.1. The Morgan fingerprint density at radius 3 is 2.65 bits per heavy atom. The number of rotatable bonds is 5. The van der Waals surface area contributed by atoms with Crippen molar-refractivity contribution in [1.29, 1.82) is 0 Å². The number of carbonyl (C=O) groups is 1. The molecule has 3 heteroatoms. The maximum Gasteiger partial charge on any atom is 0.328 e. The zero-order chi connectivity index (χ0) is 14.5. The second kappa shape index (κ2) is 6.60. The number of hydrogen-bond acceptors (Lipinski definition) is 2. The smallest absolute Gasteiger partial charge is 0.328 e. The fourth-order valence-corrected chi connectivity index (χ4v) is 3.04. The first-order chi connectivity index (χ1) is 9.65. The Hall–Kier alpha value is -1.77. The molecular formula is C17H22O3. The third kappa shape index (κ3) is 3.21. The molecule has 1 fully saturated rings. The van der Waals surface area contributed by atoms with E-state index in [0.717, 1.165) is 41.7 Å². The summed E-state index contributed by atoms with van der Waals surface area (Å²) in [5, 5.41) is 9.13. The first kappa shape index (κ1) is 14.6. The highest BCUT2D eigenvalue weighted by Gasteiger charge is 2.22. The standard InChI is InChI=1S/C17H22O3/c1-3-12-10-14(8-9-16(12)20-2)15(11-17(18)19)13-6-4-5-7-13/h8-11,13H,3-7H2,1-2H3,(H,18,19)/b15-11+. The van der Waals surface area contributed by atoms with Gasteiger partial charge in [0.15, 0.2) is 0 Å². The lowest BCUT2D eigenvalue weighted by molar-refractivity contribution is -0.131. The SMILES string of the molecule is CCc1cc(/C(=C/C(=O)O)C2CCCC2)ccc1OC. The van der Waals surface area contributed by atoms with Gasteiger partial charge in [0, 0.05) is 6.08 Å². The van der Waals surface area contributed by atoms with Crippen molar-refractivity contribution < 1.29 is 14.6 Å². The first-order valence-corrected chi connectivity index (χ1v) is 7.27. The highest BCUT2D eigenvalue weighted by atomic mass is 16.5. The van der Waals surface area contributed by atoms with Crippen LogP contribution >= 0.6 is 0 Å². The summed E-state index contributed by atoms with van der Waals surface area (Å²) in [5.41, 5.74) is 3.11. The highest BCUT2D eigenvalue weighted by Crippen LogP contribution is 2.37. The molecule has 1 aromatic rings. The van der Waals surface area contributed by atoms with Crippen molar-refractivity contribution in [2.24, 2.45) is 5.92 Å². The molecule has 1 aromatic carbocycles. The molecule has 20 heavy (non-hydrogen) atoms. The average Bonchev–Trinajstić information content (AvgIpc) is 2.97. The molecule has 0 atom stereocenters. The Morgan fingerprint density at radius 2 is 2.10 bits per heavy atom. The van der Waals surface area contributed by atoms with Gasteiger partial charge in [-0.1, -0.05) is 25.8 Å². The maximum absolute atomic E-state index is 11.1. The predicted octanol–water partition coefficient (Wildman–Crippen LogP) is 3.92. The summed E-state index contributed by atoms with van der Waals surface area (Å²) in [6.45, 7) is 2.08. The van der Waals surface area contributed by atoms with Crippen molar-refractivity contribution in [3.63, 3.8) is 0 Å². The van der Waals surface area contributed by atoms with E-state index in [1.165, 1.54) is 18.9 Å². The normalized spacial score (nSPS) is 16.4. The Morgan fingerprint density at radius 1 is 1.40 bits per heavy atom. The molecule has 1 N–H and O–H groups in total. The molecule has 0 spiro atoms. The summed E-state index contributed by atoms with van der Waals surface area (Å²) in [4.78, 5) is 11.1. The lowest BCUT2D eigenvalue weighted by atomic mass is 9.89. The summed E-state index contributed by atoms with van der Waals surface area (Å²) in [7, 11) is 1.67. The van der Waals surface area contributed by atoms with Crippen LogP contribution in [-0.2, 0) is 11.2 Å². The number of aryl methyl sites for hydroxylation is 1. The van der Waals surface area contributed by atoms with Crippen molar-refractivity contribution in [2.75, 3.05) is 7.11 Å². The molecule has 1 saturated carbocycles. The zero-order valence-electron chi connectivity index (χ0n) is 12.2. The van der Waals surface area contributed by atoms with E-state index in [1.807, 2.05) is 12.1 Å². The summed E-state index contributed by atoms with van der Waals surface area (Å²) >= 11 is 0. The molecule has 0 radical (unpaired) electrons. The van der Waals surface area contributed by atoms with Gasteiger partial charge in [-0.3, -0.25) is 0 Å². The van der Waals surface area contributed by atoms with Gasteiger partial charge in [0.2, 0.25) is 0 Å². The minimum absolute atomic E-state index is 0.379. The van der Waals surface area contributed by atoms with E-state index in [0.29, 0.717) is 5.92 Å². The van der Waals surface area contributed by atoms with Crippen LogP contribution in [0.2, 0.25) is 0 Å². The second-order valence-electron chi connectivity index (χ2n) is 5.30. The predicted molar refractivity (Wildman–Crippen MR) is 79.9 cm³/mol. The molecule has 0 aromatic heterocycles. The number of carboxylic acids is 1. The van der Waals surface area contributed by atoms with Gasteiger partial charge in [-0.2, -0.15) is 0 Å². The van der Waals surface area contributed by atoms with Crippen LogP contribution in [0.15, 0.2) is 24.3 Å². The van der Waals surface area contributed by atoms with Gasteiger partial charge >= 0.3 is 5.97 Å². The third-order valence-corrected chi connectivity index (χ3v) is 4.07. The van der Waals surface area contributed by atoms with Crippen molar-refractivity contribution in [1.82, 2.24) is 0 Å². The quantitative estimate of drug-likeness (QED) is 0.828. The van der Waals surface area contributed by atoms with Crippen LogP contribution in [0.1, 0.15) is 43.7 Å². The number of methoxy groups -OCH3 is 1. The zero-order valence-corrected chi connectivity index (χ0v) is 12.2. The van der Waals surface area contributed by atoms with Gasteiger partial charge in [0.05, 0.1) is 7.11 Å². The number of benzene rings is 1. The molecule has 1 aliphatic rings. The molecule has 0 aliphatic heterocycles. The lowest BCUT2D eigenvalue weighted by Crippen LogP contribution is -2.03. The lowest BCUT2D eigenvalue weighted by Gasteiger charge is -2.16. The molecular weight excluding hydrogens is 252 g/mol. The number of ether oxygens (including phenoxy) is 1. The van der Waals surface area contributed by atoms with Crippen LogP contribution in [0.5, 0.6) is 5.75 Å². The molecule has 0 unspecified atom stereocenters. The number of allylic oxidation sites excluding steroid dienone is 1. The van der Waals surface area contributed by atoms with Gasteiger partial charge in [0.25, 0.3) is 0 Å². The first-order valence-electron chi connectivity index (χ1n) is 7.27. The summed E-state index contributed by atoms with van der Waals surface area (Å²) in [6, 6.07) is 6.00. The van der Waals surface area contributed by atoms with Gasteiger partial charge < -0.3 is 9.84 Å². The van der Waals surface area contributed by atoms with Gasteiger partial charge in [-0.25, -0.2) is 4.79 Å². The Bertz CT molecular complexity index is 511. The molecule has 3 nitrogen and oxygen atoms in total. The van der Waals surface area contributed by atoms with Crippen LogP contribution < -0.4 is 4.74 Å². The minimum Gasteiger partial charge on any atom is -0.496 e. The molecule has 0 saturated heterocycles. The largest absolute Gasteiger partial charge is 0.496 e. The fraction of sp³-hybridized carbons (Fsp3) is 0.471. The van der Waals surface area contributed by atoms with Crippen LogP contribution in [0, 0.1) is 5.92 Å². The minimum atomic E-state index is -0.860. The molecule has 1 aliphatic carbocycles. The Kier molecular flexibility index (Phi) is 4.83. The average molecular weight is 274 g/mol. The fourth-order valence-electron chi connectivity index (χ4n) is 3.04. The van der Waals surface area contributed by atoms with Crippen molar-refractivity contribution >= 4 is 11.5 Å². The second-order valence-corrected chi connectivity index (χ2v) is 5.30. The third-order valence-electron chi connectivity index (χ3n) is 4.07. The molecule has 0 amide bonds. The number of hydrogen-bond donors (Lipinski definition) is 1. The van der Waals surface area contributed by atoms with E-state index in [4.69, 9.17) is 9.84 Å². The van der Waals surface area contributed by atoms with Crippen molar-refractivity contribution in [3.8, 4) is 5.75 Å². The van der Waals surface area contributed by atoms with E-state index in [9.17, 15) is 4.79 Å². The van der Waals surface area contributed by atoms with E-state index < -0.39 is 5.97 Å². The molecule has 0 heterocycles. The summed E-state index contributed by atoms with van der Waals surface area (Å²) < 4.78 is 5.34. The van der Waals surface area contributed by atoms with Gasteiger partial charge in [-0.15, -0.1) is 0 Å². The molecule has 2 rings (SSSR count). The van der Waals surface area contributed by atoms with Crippen LogP contribution in [-0.4, -0.2) is 18.2 Å². The van der Waals surface area contributed by atoms with Gasteiger partial charge in [0.1, 0.15) is 5.75 Å². The monoisotopic (exact) mass is 274 g/mol. The van der Waals surface area contributed by atoms with E-state index in [2.05, 4.69) is 13.0 Å². The van der Waals surface area contributed by atoms with E-state index in [1.54, 1.807) is 7.11 Å². The Balaban J connectivity index is 2.40. The van der Waals surface area contributed by atoms with Gasteiger partial charge in [-0.05, 0) is 54.0 Å².